The van der Waals surface area contributed by atoms with Gasteiger partial charge in [-0.1, -0.05) is 190 Å². The molecule has 12 aromatic carbocycles. The van der Waals surface area contributed by atoms with E-state index in [9.17, 15) is 38.4 Å². The van der Waals surface area contributed by atoms with Gasteiger partial charge in [0.15, 0.2) is 0 Å². The number of aliphatic hydroxyl groups is 1. The summed E-state index contributed by atoms with van der Waals surface area (Å²) < 4.78 is 0. The largest absolute Gasteiger partial charge is 0.395 e. The number of pyridine rings is 4. The lowest BCUT2D eigenvalue weighted by Gasteiger charge is -2.29. The van der Waals surface area contributed by atoms with Gasteiger partial charge in [0.05, 0.1) is 91.8 Å². The molecular formula is C104H83Cl8N13O9. The van der Waals surface area contributed by atoms with Gasteiger partial charge in [-0.25, -0.2) is 0 Å². The van der Waals surface area contributed by atoms with Crippen molar-refractivity contribution in [1.82, 2.24) is 40.4 Å². The summed E-state index contributed by atoms with van der Waals surface area (Å²) >= 11 is 51.2. The number of nitrogens with two attached hydrogens (primary N) is 1. The van der Waals surface area contributed by atoms with Crippen LogP contribution in [0.2, 0.25) is 40.2 Å². The number of aromatic nitrogens is 4. The summed E-state index contributed by atoms with van der Waals surface area (Å²) in [6.45, 7) is 6.89. The molecule has 5 heterocycles. The number of benzene rings is 12. The highest BCUT2D eigenvalue weighted by Crippen LogP contribution is 2.40. The highest BCUT2D eigenvalue weighted by atomic mass is 35.5. The Hall–Kier alpha value is -13.7. The summed E-state index contributed by atoms with van der Waals surface area (Å²) in [7, 11) is 2.08. The monoisotopic (exact) mass is 1940 g/mol. The van der Waals surface area contributed by atoms with Gasteiger partial charge in [0.25, 0.3) is 41.4 Å². The molecule has 1 aliphatic heterocycles. The molecule has 4 aromatic heterocycles. The van der Waals surface area contributed by atoms with Crippen LogP contribution in [0.3, 0.4) is 0 Å². The van der Waals surface area contributed by atoms with Gasteiger partial charge in [-0.15, -0.1) is 0 Å². The second-order valence-corrected chi connectivity index (χ2v) is 34.0. The number of primary amides is 1. The van der Waals surface area contributed by atoms with E-state index in [2.05, 4.69) is 63.8 Å². The number of piperidine rings is 1. The standard InChI is InChI=1S/C29H26Cl2N4O2.C27H23Cl2N3O2.C25H19Cl2N3O3.C23H15Cl2N3O2/c1-35-14-11-20(12-15-35)33-28(36)19-6-8-23(26(31)16-19)29(37)34-21-7-9-25(30)24(17-21)27-22-5-3-2-4-18(22)10-13-32-27;1-3-32(4-2)27(34)18-9-11-21(24(29)15-18)26(33)31-19-10-12-23(28)22(16-19)25-20-8-6-5-7-17(20)13-14-30-25;26-21-8-6-17(14-20(21)23-18-4-2-1-3-15(18)9-10-28-23)30-25(33)19-7-5-16(13-22(19)27)24(32)29-11-12-31;24-19-8-6-15(28-23(30)17-7-5-14(22(26)29)11-20(17)25)12-18(19)21-16-4-2-1-3-13(16)9-10-27-21/h2-10,13,16-17,20H,11-12,14-15H2,1H3,(H,33,36)(H,34,37);5-16H,3-4H2,1-2H3,(H,31,33);1-10,13-14,31H,11-12H2,(H,29,32)(H,30,33);1-12H,(H2,26,29)(H,28,30). The first kappa shape index (κ1) is 96.3. The molecule has 0 atom stereocenters. The maximum atomic E-state index is 13.1. The minimum Gasteiger partial charge on any atom is -0.395 e. The van der Waals surface area contributed by atoms with E-state index >= 15 is 0 Å². The fourth-order valence-electron chi connectivity index (χ4n) is 15.0. The van der Waals surface area contributed by atoms with Gasteiger partial charge < -0.3 is 52.5 Å². The maximum absolute atomic E-state index is 13.1. The number of amides is 8. The zero-order valence-corrected chi connectivity index (χ0v) is 78.0. The molecule has 30 heteroatoms. The lowest BCUT2D eigenvalue weighted by molar-refractivity contribution is 0.0771. The summed E-state index contributed by atoms with van der Waals surface area (Å²) in [5.74, 6) is -2.93. The van der Waals surface area contributed by atoms with E-state index in [1.807, 2.05) is 135 Å². The minimum absolute atomic E-state index is 0.121. The van der Waals surface area contributed by atoms with Crippen LogP contribution in [0.5, 0.6) is 0 Å². The molecule has 0 aliphatic carbocycles. The number of fused-ring (bicyclic) bond motifs is 4. The van der Waals surface area contributed by atoms with Gasteiger partial charge in [-0.3, -0.25) is 58.3 Å². The average Bonchev–Trinajstić information content (AvgIpc) is 0.800. The summed E-state index contributed by atoms with van der Waals surface area (Å²) in [6, 6.07) is 78.4. The Morgan fingerprint density at radius 1 is 0.358 bits per heavy atom. The lowest BCUT2D eigenvalue weighted by Crippen LogP contribution is -2.43. The molecule has 0 radical (unpaired) electrons. The summed E-state index contributed by atoms with van der Waals surface area (Å²) in [5.41, 5.74) is 15.5. The van der Waals surface area contributed by atoms with Crippen molar-refractivity contribution in [2.45, 2.75) is 32.7 Å². The number of carbonyl (C=O) groups excluding carboxylic acids is 8. The Morgan fingerprint density at radius 3 is 0.955 bits per heavy atom. The van der Waals surface area contributed by atoms with E-state index in [1.165, 1.54) is 48.5 Å². The molecule has 17 rings (SSSR count). The van der Waals surface area contributed by atoms with E-state index in [4.69, 9.17) is 104 Å². The first-order chi connectivity index (χ1) is 64.7. The van der Waals surface area contributed by atoms with E-state index in [0.29, 0.717) is 101 Å². The smallest absolute Gasteiger partial charge is 0.257 e. The minimum atomic E-state index is -0.617. The molecular weight excluding hydrogens is 1860 g/mol. The van der Waals surface area contributed by atoms with Crippen LogP contribution in [0.15, 0.2) is 292 Å². The van der Waals surface area contributed by atoms with Crippen LogP contribution in [0.1, 0.15) is 110 Å². The lowest BCUT2D eigenvalue weighted by atomic mass is 10.0. The number of halogens is 8. The van der Waals surface area contributed by atoms with Crippen LogP contribution in [0, 0.1) is 0 Å². The van der Waals surface area contributed by atoms with Crippen molar-refractivity contribution in [3.63, 3.8) is 0 Å². The van der Waals surface area contributed by atoms with Crippen LogP contribution in [-0.4, -0.2) is 135 Å². The number of nitrogens with zero attached hydrogens (tertiary/aromatic N) is 6. The molecule has 0 spiro atoms. The first-order valence-corrected chi connectivity index (χ1v) is 45.2. The zero-order valence-electron chi connectivity index (χ0n) is 71.9. The Morgan fingerprint density at radius 2 is 0.649 bits per heavy atom. The third-order valence-electron chi connectivity index (χ3n) is 22.0. The van der Waals surface area contributed by atoms with Gasteiger partial charge in [0.1, 0.15) is 0 Å². The average molecular weight is 1940 g/mol. The van der Waals surface area contributed by atoms with Crippen molar-refractivity contribution in [2.75, 3.05) is 67.6 Å². The normalized spacial score (nSPS) is 11.8. The number of aliphatic hydroxyl groups excluding tert-OH is 1. The van der Waals surface area contributed by atoms with E-state index in [0.717, 1.165) is 86.1 Å². The molecule has 0 saturated carbocycles. The molecule has 1 aliphatic rings. The predicted octanol–water partition coefficient (Wildman–Crippen LogP) is 24.0. The Bertz CT molecular complexity index is 7200. The van der Waals surface area contributed by atoms with Gasteiger partial charge >= 0.3 is 0 Å². The maximum Gasteiger partial charge on any atom is 0.257 e. The molecule has 674 valence electrons. The van der Waals surface area contributed by atoms with Crippen LogP contribution in [-0.2, 0) is 0 Å². The van der Waals surface area contributed by atoms with Crippen molar-refractivity contribution in [1.29, 1.82) is 0 Å². The first-order valence-electron chi connectivity index (χ1n) is 42.2. The van der Waals surface area contributed by atoms with E-state index < -0.39 is 17.7 Å². The highest BCUT2D eigenvalue weighted by molar-refractivity contribution is 6.39. The fraction of sp³-hybridized carbons (Fsp3) is 0.115. The van der Waals surface area contributed by atoms with Crippen LogP contribution in [0.25, 0.3) is 88.1 Å². The summed E-state index contributed by atoms with van der Waals surface area (Å²) in [4.78, 5) is 122. The number of anilines is 4. The van der Waals surface area contributed by atoms with Crippen molar-refractivity contribution < 1.29 is 43.5 Å². The molecule has 22 nitrogen and oxygen atoms in total. The highest BCUT2D eigenvalue weighted by Gasteiger charge is 2.25. The Kier molecular flexibility index (Phi) is 32.1. The van der Waals surface area contributed by atoms with Crippen molar-refractivity contribution in [2.24, 2.45) is 5.73 Å². The third kappa shape index (κ3) is 23.3. The molecule has 8 amide bonds. The zero-order chi connectivity index (χ0) is 94.8. The predicted molar refractivity (Wildman–Crippen MR) is 540 cm³/mol. The topological polar surface area (TPSA) is 313 Å². The second-order valence-electron chi connectivity index (χ2n) is 30.8. The van der Waals surface area contributed by atoms with Crippen LogP contribution >= 0.6 is 92.8 Å². The molecule has 0 unspecified atom stereocenters. The molecule has 134 heavy (non-hydrogen) atoms. The number of nitrogens with one attached hydrogen (secondary N) is 6. The molecule has 0 bridgehead atoms. The van der Waals surface area contributed by atoms with Crippen LogP contribution < -0.4 is 37.6 Å². The second kappa shape index (κ2) is 44.7. The van der Waals surface area contributed by atoms with E-state index in [1.54, 1.807) is 127 Å². The molecule has 9 N–H and O–H groups in total. The molecule has 16 aromatic rings. The Balaban J connectivity index is 0.000000144. The molecule has 1 fully saturated rings. The SMILES string of the molecule is CCN(CC)C(=O)c1ccc(C(=O)Nc2ccc(Cl)c(-c3nccc4ccccc34)c2)c(Cl)c1.CN1CCC(NC(=O)c2ccc(C(=O)Nc3ccc(Cl)c(-c4nccc5ccccc45)c3)c(Cl)c2)CC1.NC(=O)c1ccc(C(=O)Nc2ccc(Cl)c(-c3nccc4ccccc34)c2)c(Cl)c1.O=C(NCCO)c1ccc(C(=O)Nc2ccc(Cl)c(-c3nccc4ccccc34)c2)c(Cl)c1. The van der Waals surface area contributed by atoms with Gasteiger partial charge in [0.2, 0.25) is 5.91 Å². The summed E-state index contributed by atoms with van der Waals surface area (Å²) in [5, 5.41) is 36.6. The Labute approximate surface area is 811 Å². The van der Waals surface area contributed by atoms with E-state index in [-0.39, 0.29) is 96.6 Å². The number of rotatable bonds is 21. The fourth-order valence-corrected chi connectivity index (χ4v) is 16.9. The quantitative estimate of drug-likeness (QED) is 0.0332. The van der Waals surface area contributed by atoms with Crippen molar-refractivity contribution in [3.8, 4) is 45.0 Å². The summed E-state index contributed by atoms with van der Waals surface area (Å²) in [6.07, 6.45) is 8.74. The van der Waals surface area contributed by atoms with Gasteiger partial charge in [-0.05, 0) is 238 Å². The number of carbonyl (C=O) groups is 8. The van der Waals surface area contributed by atoms with Gasteiger partial charge in [-0.2, -0.15) is 0 Å². The van der Waals surface area contributed by atoms with Crippen LogP contribution in [0.4, 0.5) is 22.7 Å². The van der Waals surface area contributed by atoms with Crippen molar-refractivity contribution >= 4 is 206 Å². The van der Waals surface area contributed by atoms with Gasteiger partial charge in [0, 0.05) is 139 Å². The number of likely N-dealkylation sites (tertiary alicyclic amines) is 1. The van der Waals surface area contributed by atoms with Crippen molar-refractivity contribution in [3.05, 3.63) is 376 Å². The number of hydrogen-bond acceptors (Lipinski definition) is 14. The molecule has 1 saturated heterocycles. The third-order valence-corrected chi connectivity index (χ3v) is 24.6. The number of hydrogen-bond donors (Lipinski definition) is 8.